The van der Waals surface area contributed by atoms with Crippen molar-refractivity contribution in [3.05, 3.63) is 70.3 Å². The van der Waals surface area contributed by atoms with E-state index in [0.717, 1.165) is 13.0 Å². The summed E-state index contributed by atoms with van der Waals surface area (Å²) in [6.45, 7) is 5.67. The van der Waals surface area contributed by atoms with E-state index in [1.54, 1.807) is 16.7 Å². The molecule has 1 heteroatoms. The molecule has 0 aromatic heterocycles. The van der Waals surface area contributed by atoms with Gasteiger partial charge in [-0.05, 0) is 68.0 Å². The van der Waals surface area contributed by atoms with Crippen molar-refractivity contribution in [2.24, 2.45) is 5.92 Å². The van der Waals surface area contributed by atoms with E-state index in [-0.39, 0.29) is 0 Å². The highest BCUT2D eigenvalue weighted by atomic mass is 14.8. The van der Waals surface area contributed by atoms with Crippen molar-refractivity contribution >= 4 is 0 Å². The minimum atomic E-state index is 0.553. The van der Waals surface area contributed by atoms with E-state index in [2.05, 4.69) is 61.6 Å². The lowest BCUT2D eigenvalue weighted by molar-refractivity contribution is 0.444. The topological polar surface area (TPSA) is 12.0 Å². The predicted octanol–water partition coefficient (Wildman–Crippen LogP) is 4.47. The molecule has 1 aliphatic rings. The maximum absolute atomic E-state index is 3.29. The third-order valence-corrected chi connectivity index (χ3v) is 5.11. The van der Waals surface area contributed by atoms with Gasteiger partial charge in [0.25, 0.3) is 0 Å². The highest BCUT2D eigenvalue weighted by molar-refractivity contribution is 5.45. The molecule has 2 unspecified atom stereocenters. The van der Waals surface area contributed by atoms with E-state index in [1.807, 2.05) is 7.05 Å². The molecule has 1 aliphatic carbocycles. The maximum Gasteiger partial charge on any atom is 0.0121 e. The molecule has 3 rings (SSSR count). The summed E-state index contributed by atoms with van der Waals surface area (Å²) in [5.41, 5.74) is 7.53. The Balaban J connectivity index is 2.07. The van der Waals surface area contributed by atoms with Crippen LogP contribution in [-0.2, 0) is 12.8 Å². The number of fused-ring (bicyclic) bond motifs is 1. The fourth-order valence-electron chi connectivity index (χ4n) is 3.89. The molecule has 0 spiro atoms. The van der Waals surface area contributed by atoms with Crippen LogP contribution >= 0.6 is 0 Å². The fourth-order valence-corrected chi connectivity index (χ4v) is 3.89. The Labute approximate surface area is 134 Å². The van der Waals surface area contributed by atoms with Crippen LogP contribution in [0.5, 0.6) is 0 Å². The quantitative estimate of drug-likeness (QED) is 0.877. The number of rotatable bonds is 4. The molecule has 0 bridgehead atoms. The van der Waals surface area contributed by atoms with Gasteiger partial charge in [0.1, 0.15) is 0 Å². The second-order valence-electron chi connectivity index (χ2n) is 6.75. The lowest BCUT2D eigenvalue weighted by Crippen LogP contribution is -2.21. The van der Waals surface area contributed by atoms with Crippen LogP contribution in [0.25, 0.3) is 0 Å². The largest absolute Gasteiger partial charge is 0.319 e. The molecular formula is C21H27N. The number of aryl methyl sites for hydroxylation is 2. The van der Waals surface area contributed by atoms with Gasteiger partial charge >= 0.3 is 0 Å². The predicted molar refractivity (Wildman–Crippen MR) is 94.6 cm³/mol. The molecule has 0 heterocycles. The Morgan fingerprint density at radius 3 is 2.73 bits per heavy atom. The molecule has 22 heavy (non-hydrogen) atoms. The van der Waals surface area contributed by atoms with Crippen LogP contribution in [0.3, 0.4) is 0 Å². The second-order valence-corrected chi connectivity index (χ2v) is 6.75. The third kappa shape index (κ3) is 2.96. The van der Waals surface area contributed by atoms with Gasteiger partial charge in [0.15, 0.2) is 0 Å². The number of likely N-dealkylation sites (N-methyl/N-ethyl adjacent to an activating group) is 1. The van der Waals surface area contributed by atoms with Crippen LogP contribution in [0.2, 0.25) is 0 Å². The summed E-state index contributed by atoms with van der Waals surface area (Å²) in [7, 11) is 2.03. The van der Waals surface area contributed by atoms with Crippen molar-refractivity contribution in [1.82, 2.24) is 5.32 Å². The van der Waals surface area contributed by atoms with Gasteiger partial charge < -0.3 is 5.32 Å². The first-order valence-electron chi connectivity index (χ1n) is 8.52. The van der Waals surface area contributed by atoms with Gasteiger partial charge in [0.05, 0.1) is 0 Å². The minimum Gasteiger partial charge on any atom is -0.319 e. The van der Waals surface area contributed by atoms with Gasteiger partial charge in [0, 0.05) is 5.92 Å². The number of hydrogen-bond donors (Lipinski definition) is 1. The molecule has 0 saturated carbocycles. The first-order chi connectivity index (χ1) is 10.7. The Kier molecular flexibility index (Phi) is 4.63. The van der Waals surface area contributed by atoms with Crippen LogP contribution in [0.4, 0.5) is 0 Å². The SMILES string of the molecule is CNCCc1ccc(C)cc1C1c2ccccc2CCC1C. The second kappa shape index (κ2) is 6.66. The molecule has 2 aromatic rings. The number of hydrogen-bond acceptors (Lipinski definition) is 1. The van der Waals surface area contributed by atoms with E-state index in [1.165, 1.54) is 24.0 Å². The van der Waals surface area contributed by atoms with Crippen LogP contribution in [0.15, 0.2) is 42.5 Å². The Morgan fingerprint density at radius 1 is 1.09 bits per heavy atom. The van der Waals surface area contributed by atoms with Gasteiger partial charge in [-0.1, -0.05) is 55.0 Å². The highest BCUT2D eigenvalue weighted by Gasteiger charge is 2.29. The van der Waals surface area contributed by atoms with Crippen molar-refractivity contribution < 1.29 is 0 Å². The van der Waals surface area contributed by atoms with Gasteiger partial charge in [-0.2, -0.15) is 0 Å². The Morgan fingerprint density at radius 2 is 1.91 bits per heavy atom. The zero-order valence-electron chi connectivity index (χ0n) is 14.0. The van der Waals surface area contributed by atoms with Crippen LogP contribution in [0.1, 0.15) is 47.1 Å². The molecule has 0 radical (unpaired) electrons. The average Bonchev–Trinajstić information content (AvgIpc) is 2.53. The molecule has 116 valence electrons. The van der Waals surface area contributed by atoms with Crippen molar-refractivity contribution in [3.63, 3.8) is 0 Å². The highest BCUT2D eigenvalue weighted by Crippen LogP contribution is 2.42. The van der Waals surface area contributed by atoms with E-state index in [4.69, 9.17) is 0 Å². The minimum absolute atomic E-state index is 0.553. The monoisotopic (exact) mass is 293 g/mol. The molecule has 2 atom stereocenters. The van der Waals surface area contributed by atoms with Crippen molar-refractivity contribution in [3.8, 4) is 0 Å². The summed E-state index contributed by atoms with van der Waals surface area (Å²) in [6.07, 6.45) is 3.63. The van der Waals surface area contributed by atoms with Gasteiger partial charge in [-0.3, -0.25) is 0 Å². The summed E-state index contributed by atoms with van der Waals surface area (Å²) in [5.74, 6) is 1.27. The maximum atomic E-state index is 3.29. The standard InChI is InChI=1S/C21H27N/c1-15-8-10-18(12-13-22-3)20(14-15)21-16(2)9-11-17-6-4-5-7-19(17)21/h4-8,10,14,16,21-22H,9,11-13H2,1-3H3. The van der Waals surface area contributed by atoms with Gasteiger partial charge in [-0.15, -0.1) is 0 Å². The van der Waals surface area contributed by atoms with Crippen molar-refractivity contribution in [2.45, 2.75) is 39.0 Å². The van der Waals surface area contributed by atoms with Gasteiger partial charge in [0.2, 0.25) is 0 Å². The van der Waals surface area contributed by atoms with E-state index >= 15 is 0 Å². The molecule has 0 saturated heterocycles. The molecule has 1 N–H and O–H groups in total. The summed E-state index contributed by atoms with van der Waals surface area (Å²) in [5, 5.41) is 3.29. The van der Waals surface area contributed by atoms with Crippen LogP contribution in [-0.4, -0.2) is 13.6 Å². The number of benzene rings is 2. The summed E-state index contributed by atoms with van der Waals surface area (Å²) >= 11 is 0. The molecule has 1 nitrogen and oxygen atoms in total. The van der Waals surface area contributed by atoms with Crippen LogP contribution < -0.4 is 5.32 Å². The van der Waals surface area contributed by atoms with Crippen LogP contribution in [0, 0.1) is 12.8 Å². The zero-order valence-corrected chi connectivity index (χ0v) is 14.0. The average molecular weight is 293 g/mol. The normalized spacial score (nSPS) is 20.7. The lowest BCUT2D eigenvalue weighted by atomic mass is 9.71. The van der Waals surface area contributed by atoms with E-state index in [0.29, 0.717) is 11.8 Å². The summed E-state index contributed by atoms with van der Waals surface area (Å²) < 4.78 is 0. The molecule has 0 amide bonds. The molecule has 0 aliphatic heterocycles. The third-order valence-electron chi connectivity index (χ3n) is 5.11. The molecule has 2 aromatic carbocycles. The molecule has 0 fully saturated rings. The van der Waals surface area contributed by atoms with Gasteiger partial charge in [-0.25, -0.2) is 0 Å². The smallest absolute Gasteiger partial charge is 0.0121 e. The summed E-state index contributed by atoms with van der Waals surface area (Å²) in [6, 6.07) is 16.1. The Bertz CT molecular complexity index is 644. The molecular weight excluding hydrogens is 266 g/mol. The first-order valence-corrected chi connectivity index (χ1v) is 8.52. The van der Waals surface area contributed by atoms with Crippen molar-refractivity contribution in [1.29, 1.82) is 0 Å². The zero-order chi connectivity index (χ0) is 15.5. The summed E-state index contributed by atoms with van der Waals surface area (Å²) in [4.78, 5) is 0. The van der Waals surface area contributed by atoms with E-state index in [9.17, 15) is 0 Å². The fraction of sp³-hybridized carbons (Fsp3) is 0.429. The number of nitrogens with one attached hydrogen (secondary N) is 1. The lowest BCUT2D eigenvalue weighted by Gasteiger charge is -2.33. The first kappa shape index (κ1) is 15.3. The van der Waals surface area contributed by atoms with E-state index < -0.39 is 0 Å². The Hall–Kier alpha value is -1.60. The van der Waals surface area contributed by atoms with Crippen molar-refractivity contribution in [2.75, 3.05) is 13.6 Å².